The van der Waals surface area contributed by atoms with Crippen molar-refractivity contribution in [3.63, 3.8) is 0 Å². The number of benzene rings is 1. The van der Waals surface area contributed by atoms with E-state index in [4.69, 9.17) is 5.73 Å². The monoisotopic (exact) mass is 287 g/mol. The molecule has 2 fully saturated rings. The van der Waals surface area contributed by atoms with Gasteiger partial charge in [-0.25, -0.2) is 4.98 Å². The van der Waals surface area contributed by atoms with Gasteiger partial charge in [-0.15, -0.1) is 0 Å². The predicted octanol–water partition coefficient (Wildman–Crippen LogP) is 3.64. The van der Waals surface area contributed by atoms with Crippen LogP contribution in [0.4, 0.5) is 5.13 Å². The average Bonchev–Trinajstić information content (AvgIpc) is 3.02. The minimum atomic E-state index is 0.672. The van der Waals surface area contributed by atoms with Crippen LogP contribution < -0.4 is 5.73 Å². The van der Waals surface area contributed by atoms with Gasteiger partial charge in [-0.05, 0) is 49.4 Å². The van der Waals surface area contributed by atoms with E-state index in [-0.39, 0.29) is 0 Å². The number of thiazole rings is 1. The summed E-state index contributed by atoms with van der Waals surface area (Å²) in [6, 6.07) is 7.45. The van der Waals surface area contributed by atoms with Crippen LogP contribution in [0.25, 0.3) is 10.2 Å². The van der Waals surface area contributed by atoms with Crippen molar-refractivity contribution in [2.75, 3.05) is 12.3 Å². The summed E-state index contributed by atoms with van der Waals surface area (Å²) >= 11 is 1.60. The van der Waals surface area contributed by atoms with Gasteiger partial charge in [0.1, 0.15) is 0 Å². The number of anilines is 1. The number of aromatic nitrogens is 1. The Morgan fingerprint density at radius 3 is 3.10 bits per heavy atom. The molecule has 2 heterocycles. The van der Waals surface area contributed by atoms with Gasteiger partial charge in [0.05, 0.1) is 10.2 Å². The molecular formula is C16H21N3S. The minimum Gasteiger partial charge on any atom is -0.375 e. The van der Waals surface area contributed by atoms with Gasteiger partial charge in [-0.1, -0.05) is 30.2 Å². The Labute approximate surface area is 123 Å². The van der Waals surface area contributed by atoms with Gasteiger partial charge in [0, 0.05) is 12.6 Å². The van der Waals surface area contributed by atoms with Gasteiger partial charge in [-0.3, -0.25) is 4.90 Å². The molecule has 106 valence electrons. The van der Waals surface area contributed by atoms with E-state index in [0.29, 0.717) is 5.13 Å². The summed E-state index contributed by atoms with van der Waals surface area (Å²) in [6.07, 6.45) is 7.12. The van der Waals surface area contributed by atoms with E-state index < -0.39 is 0 Å². The number of hydrogen-bond donors (Lipinski definition) is 1. The van der Waals surface area contributed by atoms with E-state index in [0.717, 1.165) is 24.0 Å². The molecule has 0 radical (unpaired) electrons. The van der Waals surface area contributed by atoms with Crippen LogP contribution in [0, 0.1) is 5.92 Å². The summed E-state index contributed by atoms with van der Waals surface area (Å²) in [7, 11) is 0. The zero-order valence-corrected chi connectivity index (χ0v) is 12.5. The van der Waals surface area contributed by atoms with Crippen molar-refractivity contribution >= 4 is 26.7 Å². The molecule has 2 N–H and O–H groups in total. The van der Waals surface area contributed by atoms with E-state index in [1.54, 1.807) is 11.3 Å². The molecule has 2 atom stereocenters. The number of rotatable bonds is 2. The lowest BCUT2D eigenvalue weighted by molar-refractivity contribution is 0.176. The van der Waals surface area contributed by atoms with E-state index in [2.05, 4.69) is 28.1 Å². The average molecular weight is 287 g/mol. The topological polar surface area (TPSA) is 42.1 Å². The zero-order chi connectivity index (χ0) is 13.5. The molecule has 4 rings (SSSR count). The van der Waals surface area contributed by atoms with Crippen LogP contribution in [-0.4, -0.2) is 22.5 Å². The lowest BCUT2D eigenvalue weighted by atomic mass is 9.85. The summed E-state index contributed by atoms with van der Waals surface area (Å²) in [5.74, 6) is 0.964. The summed E-state index contributed by atoms with van der Waals surface area (Å²) in [5.41, 5.74) is 8.23. The molecule has 1 saturated heterocycles. The third kappa shape index (κ3) is 2.21. The van der Waals surface area contributed by atoms with Crippen molar-refractivity contribution in [3.8, 4) is 0 Å². The molecule has 20 heavy (non-hydrogen) atoms. The van der Waals surface area contributed by atoms with Gasteiger partial charge >= 0.3 is 0 Å². The second kappa shape index (κ2) is 5.01. The van der Waals surface area contributed by atoms with Crippen molar-refractivity contribution in [2.24, 2.45) is 5.92 Å². The van der Waals surface area contributed by atoms with Crippen molar-refractivity contribution < 1.29 is 0 Å². The number of fused-ring (bicyclic) bond motifs is 2. The van der Waals surface area contributed by atoms with Gasteiger partial charge in [0.25, 0.3) is 0 Å². The molecule has 1 aromatic heterocycles. The highest BCUT2D eigenvalue weighted by atomic mass is 32.1. The Kier molecular flexibility index (Phi) is 3.15. The molecule has 2 unspecified atom stereocenters. The second-order valence-corrected chi connectivity index (χ2v) is 7.29. The molecule has 1 aliphatic carbocycles. The van der Waals surface area contributed by atoms with E-state index in [1.165, 1.54) is 48.9 Å². The first-order chi connectivity index (χ1) is 9.79. The van der Waals surface area contributed by atoms with Crippen LogP contribution >= 0.6 is 11.3 Å². The smallest absolute Gasteiger partial charge is 0.181 e. The maximum absolute atomic E-state index is 5.79. The highest BCUT2D eigenvalue weighted by Crippen LogP contribution is 2.37. The lowest BCUT2D eigenvalue weighted by Crippen LogP contribution is -2.34. The molecule has 0 spiro atoms. The quantitative estimate of drug-likeness (QED) is 0.917. The van der Waals surface area contributed by atoms with Gasteiger partial charge in [0.15, 0.2) is 5.13 Å². The molecule has 0 amide bonds. The largest absolute Gasteiger partial charge is 0.375 e. The first-order valence-corrected chi connectivity index (χ1v) is 8.50. The van der Waals surface area contributed by atoms with Gasteiger partial charge in [-0.2, -0.15) is 0 Å². The molecule has 1 aromatic carbocycles. The van der Waals surface area contributed by atoms with Gasteiger partial charge in [0.2, 0.25) is 0 Å². The number of nitrogen functional groups attached to an aromatic ring is 1. The molecular weight excluding hydrogens is 266 g/mol. The fourth-order valence-electron chi connectivity index (χ4n) is 4.02. The van der Waals surface area contributed by atoms with E-state index >= 15 is 0 Å². The summed E-state index contributed by atoms with van der Waals surface area (Å²) in [5, 5.41) is 0.672. The maximum atomic E-state index is 5.79. The van der Waals surface area contributed by atoms with Crippen molar-refractivity contribution in [1.82, 2.24) is 9.88 Å². The lowest BCUT2D eigenvalue weighted by Gasteiger charge is -2.31. The molecule has 1 aliphatic heterocycles. The third-order valence-corrected chi connectivity index (χ3v) is 5.83. The Bertz CT molecular complexity index is 621. The SMILES string of the molecule is Nc1nc2ccc(CN3CCC4CCCCC43)cc2s1. The minimum absolute atomic E-state index is 0.672. The van der Waals surface area contributed by atoms with Crippen molar-refractivity contribution in [3.05, 3.63) is 23.8 Å². The molecule has 3 nitrogen and oxygen atoms in total. The van der Waals surface area contributed by atoms with Crippen LogP contribution in [0.15, 0.2) is 18.2 Å². The Morgan fingerprint density at radius 1 is 1.25 bits per heavy atom. The first kappa shape index (κ1) is 12.6. The fourth-order valence-corrected chi connectivity index (χ4v) is 4.82. The summed E-state index contributed by atoms with van der Waals surface area (Å²) < 4.78 is 1.22. The van der Waals surface area contributed by atoms with Crippen molar-refractivity contribution in [2.45, 2.75) is 44.7 Å². The Hall–Kier alpha value is -1.13. The third-order valence-electron chi connectivity index (χ3n) is 4.98. The van der Waals surface area contributed by atoms with E-state index in [1.807, 2.05) is 0 Å². The van der Waals surface area contributed by atoms with Crippen LogP contribution in [0.2, 0.25) is 0 Å². The first-order valence-electron chi connectivity index (χ1n) is 7.68. The number of nitrogens with two attached hydrogens (primary N) is 1. The number of nitrogens with zero attached hydrogens (tertiary/aromatic N) is 2. The van der Waals surface area contributed by atoms with Crippen LogP contribution in [0.3, 0.4) is 0 Å². The standard InChI is InChI=1S/C16H21N3S/c17-16-18-13-6-5-11(9-15(13)20-16)10-19-8-7-12-3-1-2-4-14(12)19/h5-6,9,12,14H,1-4,7-8,10H2,(H2,17,18). The van der Waals surface area contributed by atoms with Crippen molar-refractivity contribution in [1.29, 1.82) is 0 Å². The van der Waals surface area contributed by atoms with E-state index in [9.17, 15) is 0 Å². The van der Waals surface area contributed by atoms with Crippen LogP contribution in [0.1, 0.15) is 37.7 Å². The number of likely N-dealkylation sites (tertiary alicyclic amines) is 1. The molecule has 2 aromatic rings. The highest BCUT2D eigenvalue weighted by molar-refractivity contribution is 7.22. The predicted molar refractivity (Wildman–Crippen MR) is 84.8 cm³/mol. The fraction of sp³-hybridized carbons (Fsp3) is 0.562. The summed E-state index contributed by atoms with van der Waals surface area (Å²) in [4.78, 5) is 7.04. The maximum Gasteiger partial charge on any atom is 0.181 e. The Balaban J connectivity index is 1.54. The molecule has 2 aliphatic rings. The molecule has 1 saturated carbocycles. The Morgan fingerprint density at radius 2 is 2.15 bits per heavy atom. The van der Waals surface area contributed by atoms with Crippen LogP contribution in [0.5, 0.6) is 0 Å². The highest BCUT2D eigenvalue weighted by Gasteiger charge is 2.35. The molecule has 0 bridgehead atoms. The normalized spacial score (nSPS) is 27.0. The summed E-state index contributed by atoms with van der Waals surface area (Å²) in [6.45, 7) is 2.37. The second-order valence-electron chi connectivity index (χ2n) is 6.23. The number of hydrogen-bond acceptors (Lipinski definition) is 4. The van der Waals surface area contributed by atoms with Gasteiger partial charge < -0.3 is 5.73 Å². The zero-order valence-electron chi connectivity index (χ0n) is 11.7. The molecule has 4 heteroatoms. The van der Waals surface area contributed by atoms with Crippen LogP contribution in [-0.2, 0) is 6.54 Å².